The fourth-order valence-corrected chi connectivity index (χ4v) is 3.99. The summed E-state index contributed by atoms with van der Waals surface area (Å²) in [5.74, 6) is -2.09. The third-order valence-corrected chi connectivity index (χ3v) is 5.72. The quantitative estimate of drug-likeness (QED) is 0.241. The number of imidazole rings is 1. The number of nitrogens with one attached hydrogen (secondary N) is 1. The molecule has 1 unspecified atom stereocenters. The average molecular weight is 499 g/mol. The molecule has 0 saturated heterocycles. The molecular formula is C25H21F4N5O2. The lowest BCUT2D eigenvalue weighted by Crippen LogP contribution is -2.36. The van der Waals surface area contributed by atoms with E-state index in [2.05, 4.69) is 15.4 Å². The van der Waals surface area contributed by atoms with E-state index < -0.39 is 35.3 Å². The van der Waals surface area contributed by atoms with Crippen LogP contribution in [0.4, 0.5) is 17.6 Å². The van der Waals surface area contributed by atoms with Gasteiger partial charge in [-0.3, -0.25) is 9.59 Å². The summed E-state index contributed by atoms with van der Waals surface area (Å²) >= 11 is 0. The zero-order valence-electron chi connectivity index (χ0n) is 19.5. The first-order valence-electron chi connectivity index (χ1n) is 10.8. The van der Waals surface area contributed by atoms with Crippen molar-refractivity contribution in [3.8, 4) is 5.69 Å². The Kier molecular flexibility index (Phi) is 6.49. The number of alkyl halides is 3. The molecule has 2 aromatic heterocycles. The van der Waals surface area contributed by atoms with Gasteiger partial charge in [0.05, 0.1) is 28.2 Å². The van der Waals surface area contributed by atoms with Crippen LogP contribution in [0.2, 0.25) is 0 Å². The van der Waals surface area contributed by atoms with Gasteiger partial charge in [-0.15, -0.1) is 0 Å². The van der Waals surface area contributed by atoms with Crippen LogP contribution in [0.15, 0.2) is 60.9 Å². The molecule has 186 valence electrons. The molecule has 4 rings (SSSR count). The van der Waals surface area contributed by atoms with Crippen molar-refractivity contribution in [3.05, 3.63) is 101 Å². The number of hydrogen-bond donors (Lipinski definition) is 1. The number of aryl methyl sites for hydroxylation is 2. The van der Waals surface area contributed by atoms with E-state index in [0.717, 1.165) is 12.1 Å². The van der Waals surface area contributed by atoms with Gasteiger partial charge in [-0.05, 0) is 49.7 Å². The molecule has 1 atom stereocenters. The topological polar surface area (TPSA) is 81.8 Å². The van der Waals surface area contributed by atoms with E-state index in [-0.39, 0.29) is 22.6 Å². The van der Waals surface area contributed by atoms with Crippen LogP contribution in [0.3, 0.4) is 0 Å². The van der Waals surface area contributed by atoms with Crippen LogP contribution in [0.1, 0.15) is 44.7 Å². The number of halogens is 4. The van der Waals surface area contributed by atoms with Gasteiger partial charge < -0.3 is 9.88 Å². The van der Waals surface area contributed by atoms with Crippen molar-refractivity contribution in [2.45, 2.75) is 26.1 Å². The lowest BCUT2D eigenvalue weighted by molar-refractivity contribution is -0.137. The van der Waals surface area contributed by atoms with E-state index >= 15 is 0 Å². The molecule has 4 aromatic rings. The van der Waals surface area contributed by atoms with Gasteiger partial charge in [0, 0.05) is 19.4 Å². The fourth-order valence-electron chi connectivity index (χ4n) is 3.99. The SMILES string of the molecule is Cc1nn(-c2cccc(C(F)(F)F)c2)c(C)c1C(=O)C(=O)NC(c1cccc(F)c1)c1nccn1C. The molecule has 0 fully saturated rings. The van der Waals surface area contributed by atoms with Crippen molar-refractivity contribution >= 4 is 11.7 Å². The third-order valence-electron chi connectivity index (χ3n) is 5.72. The van der Waals surface area contributed by atoms with E-state index in [0.29, 0.717) is 11.4 Å². The summed E-state index contributed by atoms with van der Waals surface area (Å²) in [7, 11) is 1.69. The second-order valence-electron chi connectivity index (χ2n) is 8.19. The number of hydrogen-bond acceptors (Lipinski definition) is 4. The van der Waals surface area contributed by atoms with Crippen LogP contribution in [-0.2, 0) is 18.0 Å². The van der Waals surface area contributed by atoms with Crippen molar-refractivity contribution < 1.29 is 27.2 Å². The van der Waals surface area contributed by atoms with Gasteiger partial charge in [0.25, 0.3) is 11.7 Å². The van der Waals surface area contributed by atoms with Gasteiger partial charge in [-0.25, -0.2) is 14.1 Å². The van der Waals surface area contributed by atoms with Crippen LogP contribution in [0, 0.1) is 19.7 Å². The van der Waals surface area contributed by atoms with Gasteiger partial charge >= 0.3 is 6.18 Å². The summed E-state index contributed by atoms with van der Waals surface area (Å²) in [6, 6.07) is 9.11. The first-order chi connectivity index (χ1) is 17.0. The van der Waals surface area contributed by atoms with Crippen LogP contribution < -0.4 is 5.32 Å². The lowest BCUT2D eigenvalue weighted by atomic mass is 10.0. The van der Waals surface area contributed by atoms with Crippen LogP contribution in [0.25, 0.3) is 5.69 Å². The maximum Gasteiger partial charge on any atom is 0.416 e. The highest BCUT2D eigenvalue weighted by Gasteiger charge is 2.32. The number of amides is 1. The molecule has 11 heteroatoms. The van der Waals surface area contributed by atoms with E-state index in [1.807, 2.05) is 0 Å². The van der Waals surface area contributed by atoms with Crippen molar-refractivity contribution in [3.63, 3.8) is 0 Å². The fraction of sp³-hybridized carbons (Fsp3) is 0.200. The predicted molar refractivity (Wildman–Crippen MR) is 122 cm³/mol. The summed E-state index contributed by atoms with van der Waals surface area (Å²) in [5, 5.41) is 6.81. The number of rotatable bonds is 6. The Labute approximate surface area is 203 Å². The van der Waals surface area contributed by atoms with E-state index in [9.17, 15) is 27.2 Å². The summed E-state index contributed by atoms with van der Waals surface area (Å²) in [6.45, 7) is 2.98. The first kappa shape index (κ1) is 24.8. The molecule has 7 nitrogen and oxygen atoms in total. The molecule has 0 aliphatic carbocycles. The predicted octanol–water partition coefficient (Wildman–Crippen LogP) is 4.47. The summed E-state index contributed by atoms with van der Waals surface area (Å²) in [6.07, 6.45) is -1.41. The van der Waals surface area contributed by atoms with E-state index in [1.165, 1.54) is 55.1 Å². The molecule has 0 aliphatic heterocycles. The number of ketones is 1. The minimum absolute atomic E-state index is 0.0391. The number of carbonyl (C=O) groups is 2. The molecule has 1 N–H and O–H groups in total. The van der Waals surface area contributed by atoms with E-state index in [1.54, 1.807) is 23.9 Å². The van der Waals surface area contributed by atoms with Crippen LogP contribution in [0.5, 0.6) is 0 Å². The minimum Gasteiger partial charge on any atom is -0.336 e. The van der Waals surface area contributed by atoms with Crippen LogP contribution in [-0.4, -0.2) is 31.0 Å². The molecular weight excluding hydrogens is 478 g/mol. The molecule has 1 amide bonds. The van der Waals surface area contributed by atoms with Gasteiger partial charge in [-0.1, -0.05) is 18.2 Å². The Morgan fingerprint density at radius 2 is 1.78 bits per heavy atom. The van der Waals surface area contributed by atoms with Gasteiger partial charge in [0.15, 0.2) is 0 Å². The van der Waals surface area contributed by atoms with Gasteiger partial charge in [-0.2, -0.15) is 18.3 Å². The van der Waals surface area contributed by atoms with Crippen molar-refractivity contribution in [2.24, 2.45) is 7.05 Å². The zero-order chi connectivity index (χ0) is 26.2. The smallest absolute Gasteiger partial charge is 0.336 e. The molecule has 2 heterocycles. The zero-order valence-corrected chi connectivity index (χ0v) is 19.5. The summed E-state index contributed by atoms with van der Waals surface area (Å²) < 4.78 is 56.2. The monoisotopic (exact) mass is 499 g/mol. The highest BCUT2D eigenvalue weighted by atomic mass is 19.4. The number of carbonyl (C=O) groups excluding carboxylic acids is 2. The normalized spacial score (nSPS) is 12.4. The maximum absolute atomic E-state index is 13.9. The first-order valence-corrected chi connectivity index (χ1v) is 10.8. The lowest BCUT2D eigenvalue weighted by Gasteiger charge is -2.19. The maximum atomic E-state index is 13.9. The standard InChI is InChI=1S/C25H21F4N5O2/c1-14-20(15(2)34(32-14)19-9-5-7-17(13-19)25(27,28)29)22(35)24(36)31-21(23-30-10-11-33(23)3)16-6-4-8-18(26)12-16/h4-13,21H,1-3H3,(H,31,36). The summed E-state index contributed by atoms with van der Waals surface area (Å²) in [4.78, 5) is 30.5. The number of aromatic nitrogens is 4. The molecule has 2 aromatic carbocycles. The second-order valence-corrected chi connectivity index (χ2v) is 8.19. The third kappa shape index (κ3) is 4.77. The molecule has 0 spiro atoms. The number of benzene rings is 2. The van der Waals surface area contributed by atoms with Crippen molar-refractivity contribution in [1.82, 2.24) is 24.6 Å². The molecule has 0 radical (unpaired) electrons. The Balaban J connectivity index is 1.67. The second kappa shape index (κ2) is 9.40. The van der Waals surface area contributed by atoms with Crippen molar-refractivity contribution in [2.75, 3.05) is 0 Å². The molecule has 36 heavy (non-hydrogen) atoms. The highest BCUT2D eigenvalue weighted by Crippen LogP contribution is 2.31. The number of Topliss-reactive ketones (excluding diaryl/α,β-unsaturated/α-hetero) is 1. The largest absolute Gasteiger partial charge is 0.416 e. The molecule has 0 aliphatic rings. The summed E-state index contributed by atoms with van der Waals surface area (Å²) in [5.41, 5.74) is -0.0707. The minimum atomic E-state index is -4.55. The Morgan fingerprint density at radius 3 is 2.42 bits per heavy atom. The number of nitrogens with zero attached hydrogens (tertiary/aromatic N) is 4. The Hall–Kier alpha value is -4.28. The van der Waals surface area contributed by atoms with Gasteiger partial charge in [0.2, 0.25) is 0 Å². The molecule has 0 saturated carbocycles. The van der Waals surface area contributed by atoms with Crippen molar-refractivity contribution in [1.29, 1.82) is 0 Å². The average Bonchev–Trinajstić information content (AvgIpc) is 3.38. The van der Waals surface area contributed by atoms with E-state index in [4.69, 9.17) is 0 Å². The van der Waals surface area contributed by atoms with Crippen LogP contribution >= 0.6 is 0 Å². The Morgan fingerprint density at radius 1 is 1.06 bits per heavy atom. The molecule has 0 bridgehead atoms. The van der Waals surface area contributed by atoms with Gasteiger partial charge in [0.1, 0.15) is 17.7 Å². The highest BCUT2D eigenvalue weighted by molar-refractivity contribution is 6.43. The Bertz CT molecular complexity index is 1450.